The monoisotopic (exact) mass is 522 g/mol. The predicted molar refractivity (Wildman–Crippen MR) is 141 cm³/mol. The first kappa shape index (κ1) is 25.1. The fourth-order valence-electron chi connectivity index (χ4n) is 4.61. The molecule has 2 fully saturated rings. The molecule has 0 atom stereocenters. The van der Waals surface area contributed by atoms with Gasteiger partial charge in [0.2, 0.25) is 10.0 Å². The molecule has 3 aromatic rings. The summed E-state index contributed by atoms with van der Waals surface area (Å²) in [6.45, 7) is 5.06. The summed E-state index contributed by atoms with van der Waals surface area (Å²) in [6, 6.07) is 15.9. The van der Waals surface area contributed by atoms with Crippen molar-refractivity contribution in [3.63, 3.8) is 0 Å². The molecule has 1 N–H and O–H groups in total. The van der Waals surface area contributed by atoms with E-state index in [1.54, 1.807) is 18.3 Å². The van der Waals surface area contributed by atoms with Crippen LogP contribution in [0.4, 0.5) is 5.82 Å². The molecule has 37 heavy (non-hydrogen) atoms. The zero-order valence-electron chi connectivity index (χ0n) is 20.7. The maximum atomic E-state index is 13.0. The van der Waals surface area contributed by atoms with Crippen molar-refractivity contribution in [2.75, 3.05) is 44.3 Å². The quantitative estimate of drug-likeness (QED) is 0.377. The lowest BCUT2D eigenvalue weighted by atomic mass is 10.2. The normalized spacial score (nSPS) is 16.9. The van der Waals surface area contributed by atoms with Gasteiger partial charge in [0.05, 0.1) is 41.3 Å². The molecule has 0 aliphatic carbocycles. The molecule has 0 spiro atoms. The molecule has 2 aliphatic heterocycles. The molecule has 3 heterocycles. The number of para-hydroxylation sites is 1. The Morgan fingerprint density at radius 2 is 1.76 bits per heavy atom. The number of hydrazone groups is 1. The summed E-state index contributed by atoms with van der Waals surface area (Å²) >= 11 is 0. The van der Waals surface area contributed by atoms with E-state index in [0.29, 0.717) is 26.3 Å². The van der Waals surface area contributed by atoms with E-state index in [9.17, 15) is 13.2 Å². The second-order valence-corrected chi connectivity index (χ2v) is 10.9. The van der Waals surface area contributed by atoms with Crippen molar-refractivity contribution in [1.82, 2.24) is 19.5 Å². The third-order valence-corrected chi connectivity index (χ3v) is 8.45. The van der Waals surface area contributed by atoms with Gasteiger partial charge in [-0.1, -0.05) is 24.3 Å². The standard InChI is InChI=1S/C26H30N6O4S/c1-20-24(26(30-12-5-6-13-30)32(29-20)22-9-3-2-4-10-22)19-27-28-25(33)21-8-7-11-23(18-21)37(34,35)31-14-16-36-17-15-31/h2-4,7-11,18-19H,5-6,12-17H2,1H3,(H,28,33)/b27-19-. The average Bonchev–Trinajstić information content (AvgIpc) is 3.58. The minimum atomic E-state index is -3.71. The number of ether oxygens (including phenoxy) is 1. The number of benzene rings is 2. The first-order valence-electron chi connectivity index (χ1n) is 12.4. The van der Waals surface area contributed by atoms with Crippen molar-refractivity contribution in [2.24, 2.45) is 5.10 Å². The van der Waals surface area contributed by atoms with Crippen LogP contribution in [0.25, 0.3) is 5.69 Å². The maximum absolute atomic E-state index is 13.0. The summed E-state index contributed by atoms with van der Waals surface area (Å²) in [6.07, 6.45) is 3.83. The van der Waals surface area contributed by atoms with Crippen LogP contribution >= 0.6 is 0 Å². The van der Waals surface area contributed by atoms with Crippen LogP contribution in [-0.4, -0.2) is 74.0 Å². The Balaban J connectivity index is 1.37. The van der Waals surface area contributed by atoms with Gasteiger partial charge in [-0.25, -0.2) is 18.5 Å². The van der Waals surface area contributed by atoms with E-state index in [1.807, 2.05) is 41.9 Å². The SMILES string of the molecule is Cc1nn(-c2ccccc2)c(N2CCCC2)c1/C=N\NC(=O)c1cccc(S(=O)(=O)N2CCOCC2)c1. The number of nitrogens with zero attached hydrogens (tertiary/aromatic N) is 5. The van der Waals surface area contributed by atoms with E-state index >= 15 is 0 Å². The summed E-state index contributed by atoms with van der Waals surface area (Å²) in [5, 5.41) is 8.97. The molecule has 0 radical (unpaired) electrons. The molecule has 5 rings (SSSR count). The zero-order chi connectivity index (χ0) is 25.8. The van der Waals surface area contributed by atoms with Gasteiger partial charge in [0.25, 0.3) is 5.91 Å². The van der Waals surface area contributed by atoms with Crippen LogP contribution in [0.2, 0.25) is 0 Å². The summed E-state index contributed by atoms with van der Waals surface area (Å²) in [4.78, 5) is 15.2. The molecule has 1 amide bonds. The Morgan fingerprint density at radius 1 is 1.03 bits per heavy atom. The van der Waals surface area contributed by atoms with Crippen LogP contribution in [0.5, 0.6) is 0 Å². The Bertz CT molecular complexity index is 1390. The third kappa shape index (κ3) is 5.29. The highest BCUT2D eigenvalue weighted by Gasteiger charge is 2.27. The van der Waals surface area contributed by atoms with Gasteiger partial charge in [-0.2, -0.15) is 14.5 Å². The lowest BCUT2D eigenvalue weighted by Gasteiger charge is -2.26. The van der Waals surface area contributed by atoms with Crippen LogP contribution < -0.4 is 10.3 Å². The molecule has 11 heteroatoms. The minimum Gasteiger partial charge on any atom is -0.379 e. The van der Waals surface area contributed by atoms with E-state index in [2.05, 4.69) is 15.4 Å². The molecule has 0 bridgehead atoms. The Morgan fingerprint density at radius 3 is 2.49 bits per heavy atom. The van der Waals surface area contributed by atoms with Gasteiger partial charge in [0.15, 0.2) is 0 Å². The first-order chi connectivity index (χ1) is 17.9. The zero-order valence-corrected chi connectivity index (χ0v) is 21.5. The topological polar surface area (TPSA) is 109 Å². The number of amides is 1. The number of sulfonamides is 1. The molecular weight excluding hydrogens is 492 g/mol. The molecule has 0 unspecified atom stereocenters. The number of nitrogens with one attached hydrogen (secondary N) is 1. The summed E-state index contributed by atoms with van der Waals surface area (Å²) < 4.78 is 34.5. The second kappa shape index (κ2) is 10.8. The largest absolute Gasteiger partial charge is 0.379 e. The number of rotatable bonds is 7. The fraction of sp³-hybridized carbons (Fsp3) is 0.346. The van der Waals surface area contributed by atoms with Gasteiger partial charge in [0, 0.05) is 31.7 Å². The van der Waals surface area contributed by atoms with Gasteiger partial charge in [-0.3, -0.25) is 4.79 Å². The van der Waals surface area contributed by atoms with Crippen LogP contribution in [0.1, 0.15) is 34.5 Å². The molecule has 2 aromatic carbocycles. The molecular formula is C26H30N6O4S. The number of carbonyl (C=O) groups is 1. The van der Waals surface area contributed by atoms with E-state index in [0.717, 1.165) is 48.7 Å². The minimum absolute atomic E-state index is 0.0716. The van der Waals surface area contributed by atoms with Gasteiger partial charge in [0.1, 0.15) is 5.82 Å². The van der Waals surface area contributed by atoms with Crippen molar-refractivity contribution < 1.29 is 17.9 Å². The molecule has 194 valence electrons. The van der Waals surface area contributed by atoms with Crippen LogP contribution in [0, 0.1) is 6.92 Å². The third-order valence-electron chi connectivity index (χ3n) is 6.55. The Labute approximate surface area is 216 Å². The second-order valence-electron chi connectivity index (χ2n) is 9.01. The molecule has 2 saturated heterocycles. The van der Waals surface area contributed by atoms with Crippen molar-refractivity contribution >= 4 is 28.0 Å². The number of hydrogen-bond donors (Lipinski definition) is 1. The number of aromatic nitrogens is 2. The van der Waals surface area contributed by atoms with Crippen molar-refractivity contribution in [3.05, 3.63) is 71.4 Å². The number of morpholine rings is 1. The number of carbonyl (C=O) groups excluding carboxylic acids is 1. The fourth-order valence-corrected chi connectivity index (χ4v) is 6.07. The summed E-state index contributed by atoms with van der Waals surface area (Å²) in [5.74, 6) is 0.448. The maximum Gasteiger partial charge on any atom is 0.271 e. The first-order valence-corrected chi connectivity index (χ1v) is 13.8. The molecule has 0 saturated carbocycles. The van der Waals surface area contributed by atoms with Gasteiger partial charge < -0.3 is 9.64 Å². The average molecular weight is 523 g/mol. The summed E-state index contributed by atoms with van der Waals surface area (Å²) in [7, 11) is -3.71. The molecule has 2 aliphatic rings. The van der Waals surface area contributed by atoms with Crippen LogP contribution in [-0.2, 0) is 14.8 Å². The highest BCUT2D eigenvalue weighted by molar-refractivity contribution is 7.89. The molecule has 1 aromatic heterocycles. The van der Waals surface area contributed by atoms with Gasteiger partial charge >= 0.3 is 0 Å². The van der Waals surface area contributed by atoms with Crippen LogP contribution in [0.3, 0.4) is 0 Å². The molecule has 10 nitrogen and oxygen atoms in total. The highest BCUT2D eigenvalue weighted by Crippen LogP contribution is 2.29. The number of aryl methyl sites for hydroxylation is 1. The van der Waals surface area contributed by atoms with E-state index in [4.69, 9.17) is 9.84 Å². The lowest BCUT2D eigenvalue weighted by Crippen LogP contribution is -2.40. The Hall–Kier alpha value is -3.54. The lowest BCUT2D eigenvalue weighted by molar-refractivity contribution is 0.0730. The van der Waals surface area contributed by atoms with Crippen molar-refractivity contribution in [3.8, 4) is 5.69 Å². The van der Waals surface area contributed by atoms with Crippen molar-refractivity contribution in [2.45, 2.75) is 24.7 Å². The van der Waals surface area contributed by atoms with Crippen LogP contribution in [0.15, 0.2) is 64.6 Å². The highest BCUT2D eigenvalue weighted by atomic mass is 32.2. The van der Waals surface area contributed by atoms with Gasteiger partial charge in [-0.15, -0.1) is 0 Å². The smallest absolute Gasteiger partial charge is 0.271 e. The van der Waals surface area contributed by atoms with E-state index < -0.39 is 15.9 Å². The van der Waals surface area contributed by atoms with E-state index in [1.165, 1.54) is 16.4 Å². The number of hydrogen-bond acceptors (Lipinski definition) is 7. The van der Waals surface area contributed by atoms with Gasteiger partial charge in [-0.05, 0) is 50.1 Å². The predicted octanol–water partition coefficient (Wildman–Crippen LogP) is 2.57. The van der Waals surface area contributed by atoms with Crippen molar-refractivity contribution in [1.29, 1.82) is 0 Å². The number of anilines is 1. The Kier molecular flexibility index (Phi) is 7.36. The summed E-state index contributed by atoms with van der Waals surface area (Å²) in [5.41, 5.74) is 5.33. The van der Waals surface area contributed by atoms with E-state index in [-0.39, 0.29) is 10.5 Å².